The summed E-state index contributed by atoms with van der Waals surface area (Å²) in [5.74, 6) is -0.886. The maximum atomic E-state index is 11.5. The lowest BCUT2D eigenvalue weighted by Crippen LogP contribution is -2.02. The first kappa shape index (κ1) is 15.7. The van der Waals surface area contributed by atoms with E-state index in [0.717, 1.165) is 4.90 Å². The number of aromatic carboxylic acids is 1. The van der Waals surface area contributed by atoms with Gasteiger partial charge in [-0.15, -0.1) is 11.8 Å². The standard InChI is InChI=1S/C14H11BrO5S/c1-19-14(18)12-8(4-5-20-12)7-21-9-2-3-11(15)10(6-9)13(16)17/h2-6H,7H2,1H3,(H,16,17). The lowest BCUT2D eigenvalue weighted by Gasteiger charge is -2.05. The second-order valence-corrected chi connectivity index (χ2v) is 5.91. The summed E-state index contributed by atoms with van der Waals surface area (Å²) >= 11 is 4.60. The normalized spacial score (nSPS) is 10.4. The van der Waals surface area contributed by atoms with Gasteiger partial charge in [0, 0.05) is 20.7 Å². The molecule has 2 rings (SSSR count). The Balaban J connectivity index is 2.14. The van der Waals surface area contributed by atoms with Gasteiger partial charge in [0.2, 0.25) is 5.76 Å². The number of hydrogen-bond acceptors (Lipinski definition) is 5. The van der Waals surface area contributed by atoms with E-state index in [0.29, 0.717) is 15.8 Å². The van der Waals surface area contributed by atoms with Gasteiger partial charge >= 0.3 is 11.9 Å². The lowest BCUT2D eigenvalue weighted by molar-refractivity contribution is 0.0563. The molecule has 0 spiro atoms. The lowest BCUT2D eigenvalue weighted by atomic mass is 10.2. The first-order valence-electron chi connectivity index (χ1n) is 5.83. The average Bonchev–Trinajstić information content (AvgIpc) is 2.93. The van der Waals surface area contributed by atoms with Crippen molar-refractivity contribution in [1.82, 2.24) is 0 Å². The van der Waals surface area contributed by atoms with E-state index in [1.165, 1.54) is 25.1 Å². The van der Waals surface area contributed by atoms with E-state index in [4.69, 9.17) is 9.52 Å². The fourth-order valence-corrected chi connectivity index (χ4v) is 2.97. The summed E-state index contributed by atoms with van der Waals surface area (Å²) in [4.78, 5) is 23.3. The Kier molecular flexibility index (Phi) is 5.08. The summed E-state index contributed by atoms with van der Waals surface area (Å²) in [5, 5.41) is 9.08. The minimum absolute atomic E-state index is 0.167. The molecule has 5 nitrogen and oxygen atoms in total. The smallest absolute Gasteiger partial charge is 0.374 e. The average molecular weight is 371 g/mol. The van der Waals surface area contributed by atoms with Gasteiger partial charge in [-0.05, 0) is 40.2 Å². The molecule has 0 aliphatic rings. The highest BCUT2D eigenvalue weighted by molar-refractivity contribution is 9.10. The molecular formula is C14H11BrO5S. The zero-order valence-corrected chi connectivity index (χ0v) is 13.4. The Bertz CT molecular complexity index is 680. The Morgan fingerprint density at radius 3 is 2.81 bits per heavy atom. The second kappa shape index (κ2) is 6.82. The van der Waals surface area contributed by atoms with Crippen LogP contribution >= 0.6 is 27.7 Å². The molecule has 0 atom stereocenters. The van der Waals surface area contributed by atoms with Crippen LogP contribution in [0.1, 0.15) is 26.5 Å². The van der Waals surface area contributed by atoms with E-state index < -0.39 is 11.9 Å². The molecule has 0 saturated heterocycles. The topological polar surface area (TPSA) is 76.7 Å². The number of hydrogen-bond donors (Lipinski definition) is 1. The molecule has 1 heterocycles. The molecule has 21 heavy (non-hydrogen) atoms. The second-order valence-electron chi connectivity index (χ2n) is 4.00. The molecule has 0 aliphatic heterocycles. The number of carbonyl (C=O) groups excluding carboxylic acids is 1. The molecule has 0 saturated carbocycles. The predicted molar refractivity (Wildman–Crippen MR) is 80.7 cm³/mol. The van der Waals surface area contributed by atoms with E-state index in [9.17, 15) is 9.59 Å². The maximum Gasteiger partial charge on any atom is 0.374 e. The zero-order chi connectivity index (χ0) is 15.4. The number of carboxylic acid groups (broad SMARTS) is 1. The number of methoxy groups -OCH3 is 1. The van der Waals surface area contributed by atoms with Crippen LogP contribution in [0.2, 0.25) is 0 Å². The summed E-state index contributed by atoms with van der Waals surface area (Å²) in [6.07, 6.45) is 1.42. The summed E-state index contributed by atoms with van der Waals surface area (Å²) in [7, 11) is 1.29. The van der Waals surface area contributed by atoms with Crippen LogP contribution in [0, 0.1) is 0 Å². The Morgan fingerprint density at radius 1 is 1.38 bits per heavy atom. The molecule has 0 fully saturated rings. The van der Waals surface area contributed by atoms with Crippen LogP contribution in [0.25, 0.3) is 0 Å². The van der Waals surface area contributed by atoms with E-state index in [-0.39, 0.29) is 11.3 Å². The number of carbonyl (C=O) groups is 2. The minimum atomic E-state index is -0.997. The molecular weight excluding hydrogens is 360 g/mol. The first-order valence-corrected chi connectivity index (χ1v) is 7.61. The van der Waals surface area contributed by atoms with Gasteiger partial charge in [0.05, 0.1) is 18.9 Å². The van der Waals surface area contributed by atoms with Crippen LogP contribution in [0.15, 0.2) is 44.3 Å². The van der Waals surface area contributed by atoms with E-state index in [2.05, 4.69) is 20.7 Å². The van der Waals surface area contributed by atoms with Crippen molar-refractivity contribution < 1.29 is 23.8 Å². The van der Waals surface area contributed by atoms with Crippen molar-refractivity contribution in [2.75, 3.05) is 7.11 Å². The van der Waals surface area contributed by atoms with Crippen LogP contribution in [-0.4, -0.2) is 24.2 Å². The van der Waals surface area contributed by atoms with Crippen LogP contribution in [-0.2, 0) is 10.5 Å². The van der Waals surface area contributed by atoms with E-state index >= 15 is 0 Å². The Hall–Kier alpha value is -1.73. The Labute approximate surface area is 133 Å². The molecule has 0 aliphatic carbocycles. The molecule has 1 N–H and O–H groups in total. The summed E-state index contributed by atoms with van der Waals surface area (Å²) in [6, 6.07) is 6.76. The van der Waals surface area contributed by atoms with E-state index in [1.807, 2.05) is 0 Å². The van der Waals surface area contributed by atoms with Crippen molar-refractivity contribution in [3.05, 3.63) is 51.9 Å². The number of rotatable bonds is 5. The van der Waals surface area contributed by atoms with Gasteiger partial charge in [0.15, 0.2) is 0 Å². The zero-order valence-electron chi connectivity index (χ0n) is 11.0. The van der Waals surface area contributed by atoms with Crippen LogP contribution < -0.4 is 0 Å². The van der Waals surface area contributed by atoms with Gasteiger partial charge in [-0.3, -0.25) is 0 Å². The molecule has 0 radical (unpaired) electrons. The van der Waals surface area contributed by atoms with E-state index in [1.54, 1.807) is 24.3 Å². The molecule has 7 heteroatoms. The minimum Gasteiger partial charge on any atom is -0.478 e. The molecule has 1 aromatic heterocycles. The quantitative estimate of drug-likeness (QED) is 0.636. The highest BCUT2D eigenvalue weighted by Crippen LogP contribution is 2.29. The SMILES string of the molecule is COC(=O)c1occc1CSc1ccc(Br)c(C(=O)O)c1. The fourth-order valence-electron chi connectivity index (χ4n) is 1.64. The van der Waals surface area contributed by atoms with Crippen LogP contribution in [0.4, 0.5) is 0 Å². The molecule has 2 aromatic rings. The highest BCUT2D eigenvalue weighted by Gasteiger charge is 2.16. The number of carboxylic acids is 1. The van der Waals surface area contributed by atoms with Crippen molar-refractivity contribution in [2.45, 2.75) is 10.6 Å². The van der Waals surface area contributed by atoms with Gasteiger partial charge < -0.3 is 14.3 Å². The highest BCUT2D eigenvalue weighted by atomic mass is 79.9. The number of halogens is 1. The van der Waals surface area contributed by atoms with Crippen molar-refractivity contribution in [2.24, 2.45) is 0 Å². The first-order chi connectivity index (χ1) is 10.0. The van der Waals surface area contributed by atoms with Gasteiger partial charge in [-0.2, -0.15) is 0 Å². The Morgan fingerprint density at radius 2 is 2.14 bits per heavy atom. The van der Waals surface area contributed by atoms with Crippen molar-refractivity contribution in [1.29, 1.82) is 0 Å². The van der Waals surface area contributed by atoms with Crippen LogP contribution in [0.5, 0.6) is 0 Å². The van der Waals surface area contributed by atoms with Gasteiger partial charge in [-0.1, -0.05) is 0 Å². The molecule has 0 amide bonds. The fraction of sp³-hybridized carbons (Fsp3) is 0.143. The number of benzene rings is 1. The third-order valence-corrected chi connectivity index (χ3v) is 4.41. The number of thioether (sulfide) groups is 1. The molecule has 1 aromatic carbocycles. The van der Waals surface area contributed by atoms with Gasteiger partial charge in [0.25, 0.3) is 0 Å². The van der Waals surface area contributed by atoms with Crippen molar-refractivity contribution in [3.63, 3.8) is 0 Å². The maximum absolute atomic E-state index is 11.5. The predicted octanol–water partition coefficient (Wildman–Crippen LogP) is 3.82. The van der Waals surface area contributed by atoms with Crippen molar-refractivity contribution >= 4 is 39.6 Å². The molecule has 0 unspecified atom stereocenters. The third-order valence-electron chi connectivity index (χ3n) is 2.68. The number of furan rings is 1. The summed E-state index contributed by atoms with van der Waals surface area (Å²) in [6.45, 7) is 0. The number of esters is 1. The summed E-state index contributed by atoms with van der Waals surface area (Å²) in [5.41, 5.74) is 0.895. The van der Waals surface area contributed by atoms with Crippen LogP contribution in [0.3, 0.4) is 0 Å². The van der Waals surface area contributed by atoms with Gasteiger partial charge in [0.1, 0.15) is 0 Å². The van der Waals surface area contributed by atoms with Gasteiger partial charge in [-0.25, -0.2) is 9.59 Å². The molecule has 0 bridgehead atoms. The molecule has 110 valence electrons. The largest absolute Gasteiger partial charge is 0.478 e. The monoisotopic (exact) mass is 370 g/mol. The third kappa shape index (κ3) is 3.68. The number of ether oxygens (including phenoxy) is 1. The van der Waals surface area contributed by atoms with Crippen molar-refractivity contribution in [3.8, 4) is 0 Å². The summed E-state index contributed by atoms with van der Waals surface area (Å²) < 4.78 is 10.3.